The minimum atomic E-state index is -0.510. The third-order valence-electron chi connectivity index (χ3n) is 4.60. The van der Waals surface area contributed by atoms with E-state index in [0.717, 1.165) is 16.8 Å². The monoisotopic (exact) mass is 430 g/mol. The molecule has 1 N–H and O–H groups in total. The van der Waals surface area contributed by atoms with E-state index < -0.39 is 5.82 Å². The molecule has 4 heterocycles. The van der Waals surface area contributed by atoms with Gasteiger partial charge in [-0.3, -0.25) is 15.0 Å². The Hall–Kier alpha value is -3.89. The largest absolute Gasteiger partial charge is 0.363 e. The first-order valence-corrected chi connectivity index (χ1v) is 9.74. The molecular weight excluding hydrogens is 415 g/mol. The number of aryl methyl sites for hydroxylation is 1. The average Bonchev–Trinajstić information content (AvgIpc) is 2.78. The quantitative estimate of drug-likeness (QED) is 0.469. The second kappa shape index (κ2) is 8.86. The minimum absolute atomic E-state index is 0.0878. The number of hydrogen-bond acceptors (Lipinski definition) is 6. The Balaban J connectivity index is 1.57. The first kappa shape index (κ1) is 20.4. The molecule has 0 aliphatic rings. The van der Waals surface area contributed by atoms with Crippen molar-refractivity contribution in [1.29, 1.82) is 5.26 Å². The van der Waals surface area contributed by atoms with E-state index in [-0.39, 0.29) is 12.4 Å². The number of aromatic nitrogens is 4. The fourth-order valence-corrected chi connectivity index (χ4v) is 3.32. The van der Waals surface area contributed by atoms with Crippen molar-refractivity contribution in [2.24, 2.45) is 0 Å². The fourth-order valence-electron chi connectivity index (χ4n) is 3.15. The molecule has 0 saturated heterocycles. The van der Waals surface area contributed by atoms with Crippen LogP contribution in [-0.4, -0.2) is 19.9 Å². The number of nitrogens with one attached hydrogen (secondary N) is 1. The molecule has 4 aromatic heterocycles. The van der Waals surface area contributed by atoms with E-state index in [2.05, 4.69) is 31.3 Å². The molecule has 0 atom stereocenters. The lowest BCUT2D eigenvalue weighted by Crippen LogP contribution is -2.06. The third kappa shape index (κ3) is 4.49. The molecule has 0 saturated carbocycles. The number of hydrogen-bond donors (Lipinski definition) is 1. The molecule has 0 aliphatic heterocycles. The van der Waals surface area contributed by atoms with Gasteiger partial charge in [-0.15, -0.1) is 0 Å². The first-order valence-electron chi connectivity index (χ1n) is 9.36. The Bertz CT molecular complexity index is 1300. The lowest BCUT2D eigenvalue weighted by Gasteiger charge is -2.11. The van der Waals surface area contributed by atoms with Gasteiger partial charge in [0.2, 0.25) is 0 Å². The highest BCUT2D eigenvalue weighted by molar-refractivity contribution is 6.30. The molecule has 8 heteroatoms. The molecule has 0 unspecified atom stereocenters. The molecular formula is C23H16ClFN6. The zero-order valence-electron chi connectivity index (χ0n) is 16.5. The molecule has 4 aromatic rings. The summed E-state index contributed by atoms with van der Waals surface area (Å²) in [7, 11) is 0. The molecule has 4 rings (SSSR count). The third-order valence-corrected chi connectivity index (χ3v) is 4.81. The standard InChI is InChI=1S/C23H16ClFN6/c1-14-6-16(2-4-28-14)22-17(9-26)7-15(10-30-22)11-31-23-21(25)20(3-5-29-23)18-8-19(24)13-27-12-18/h2-8,10,12-13H,11H2,1H3,(H,29,31). The second-order valence-corrected chi connectivity index (χ2v) is 7.24. The van der Waals surface area contributed by atoms with Crippen molar-refractivity contribution in [2.45, 2.75) is 13.5 Å². The van der Waals surface area contributed by atoms with Gasteiger partial charge in [0.1, 0.15) is 6.07 Å². The molecule has 152 valence electrons. The lowest BCUT2D eigenvalue weighted by atomic mass is 10.1. The summed E-state index contributed by atoms with van der Waals surface area (Å²) in [6, 6.07) is 10.8. The van der Waals surface area contributed by atoms with E-state index in [1.807, 2.05) is 19.1 Å². The Morgan fingerprint density at radius 1 is 1.03 bits per heavy atom. The zero-order valence-corrected chi connectivity index (χ0v) is 17.2. The number of nitriles is 1. The SMILES string of the molecule is Cc1cc(-c2ncc(CNc3nccc(-c4cncc(Cl)c4)c3F)cc2C#N)ccn1. The van der Waals surface area contributed by atoms with E-state index in [0.29, 0.717) is 27.4 Å². The van der Waals surface area contributed by atoms with Crippen LogP contribution in [0, 0.1) is 24.1 Å². The van der Waals surface area contributed by atoms with Gasteiger partial charge in [-0.1, -0.05) is 11.6 Å². The lowest BCUT2D eigenvalue weighted by molar-refractivity contribution is 0.627. The zero-order chi connectivity index (χ0) is 21.8. The van der Waals surface area contributed by atoms with Crippen molar-refractivity contribution in [3.05, 3.63) is 89.0 Å². The maximum Gasteiger partial charge on any atom is 0.173 e. The van der Waals surface area contributed by atoms with Gasteiger partial charge in [-0.05, 0) is 42.8 Å². The summed E-state index contributed by atoms with van der Waals surface area (Å²) >= 11 is 5.97. The highest BCUT2D eigenvalue weighted by Crippen LogP contribution is 2.28. The Morgan fingerprint density at radius 3 is 2.65 bits per heavy atom. The van der Waals surface area contributed by atoms with Gasteiger partial charge in [0.15, 0.2) is 11.6 Å². The van der Waals surface area contributed by atoms with Gasteiger partial charge in [-0.2, -0.15) is 5.26 Å². The second-order valence-electron chi connectivity index (χ2n) is 6.80. The van der Waals surface area contributed by atoms with Gasteiger partial charge < -0.3 is 5.32 Å². The molecule has 0 spiro atoms. The van der Waals surface area contributed by atoms with Crippen molar-refractivity contribution in [1.82, 2.24) is 19.9 Å². The Morgan fingerprint density at radius 2 is 1.87 bits per heavy atom. The molecule has 0 amide bonds. The highest BCUT2D eigenvalue weighted by Gasteiger charge is 2.13. The van der Waals surface area contributed by atoms with Gasteiger partial charge in [0.05, 0.1) is 16.3 Å². The van der Waals surface area contributed by atoms with Crippen molar-refractivity contribution >= 4 is 17.4 Å². The van der Waals surface area contributed by atoms with Crippen molar-refractivity contribution in [3.8, 4) is 28.5 Å². The number of nitrogens with zero attached hydrogens (tertiary/aromatic N) is 5. The molecule has 0 fully saturated rings. The Kier molecular flexibility index (Phi) is 5.83. The maximum atomic E-state index is 15.0. The number of pyridine rings is 4. The molecule has 31 heavy (non-hydrogen) atoms. The highest BCUT2D eigenvalue weighted by atomic mass is 35.5. The molecule has 6 nitrogen and oxygen atoms in total. The summed E-state index contributed by atoms with van der Waals surface area (Å²) in [4.78, 5) is 16.7. The Labute approximate surface area is 183 Å². The molecule has 0 aliphatic carbocycles. The van der Waals surface area contributed by atoms with Crippen LogP contribution in [0.4, 0.5) is 10.2 Å². The summed E-state index contributed by atoms with van der Waals surface area (Å²) in [5.74, 6) is -0.422. The summed E-state index contributed by atoms with van der Waals surface area (Å²) in [6.07, 6.45) is 7.87. The predicted molar refractivity (Wildman–Crippen MR) is 117 cm³/mol. The van der Waals surface area contributed by atoms with Crippen LogP contribution in [0.3, 0.4) is 0 Å². The normalized spacial score (nSPS) is 10.5. The molecule has 0 aromatic carbocycles. The maximum absolute atomic E-state index is 15.0. The topological polar surface area (TPSA) is 87.4 Å². The predicted octanol–water partition coefficient (Wildman–Crippen LogP) is 5.19. The van der Waals surface area contributed by atoms with Crippen LogP contribution in [0.1, 0.15) is 16.8 Å². The number of halogens is 2. The van der Waals surface area contributed by atoms with Crippen LogP contribution < -0.4 is 5.32 Å². The van der Waals surface area contributed by atoms with E-state index in [1.165, 1.54) is 18.6 Å². The van der Waals surface area contributed by atoms with Crippen LogP contribution in [0.15, 0.2) is 61.3 Å². The smallest absolute Gasteiger partial charge is 0.173 e. The van der Waals surface area contributed by atoms with Crippen LogP contribution in [-0.2, 0) is 6.54 Å². The van der Waals surface area contributed by atoms with E-state index in [9.17, 15) is 9.65 Å². The van der Waals surface area contributed by atoms with Gasteiger partial charge in [0.25, 0.3) is 0 Å². The van der Waals surface area contributed by atoms with Crippen molar-refractivity contribution in [3.63, 3.8) is 0 Å². The summed E-state index contributed by atoms with van der Waals surface area (Å²) < 4.78 is 15.0. The van der Waals surface area contributed by atoms with Gasteiger partial charge in [-0.25, -0.2) is 9.37 Å². The van der Waals surface area contributed by atoms with Crippen LogP contribution in [0.25, 0.3) is 22.4 Å². The minimum Gasteiger partial charge on any atom is -0.363 e. The molecule has 0 radical (unpaired) electrons. The van der Waals surface area contributed by atoms with Crippen molar-refractivity contribution < 1.29 is 4.39 Å². The van der Waals surface area contributed by atoms with Gasteiger partial charge in [0, 0.05) is 59.9 Å². The summed E-state index contributed by atoms with van der Waals surface area (Å²) in [6.45, 7) is 2.13. The fraction of sp³-hybridized carbons (Fsp3) is 0.0870. The number of anilines is 1. The van der Waals surface area contributed by atoms with E-state index >= 15 is 0 Å². The molecule has 0 bridgehead atoms. The van der Waals surface area contributed by atoms with Crippen LogP contribution in [0.2, 0.25) is 5.02 Å². The first-order chi connectivity index (χ1) is 15.0. The summed E-state index contributed by atoms with van der Waals surface area (Å²) in [5.41, 5.74) is 4.28. The van der Waals surface area contributed by atoms with Gasteiger partial charge >= 0.3 is 0 Å². The van der Waals surface area contributed by atoms with Crippen LogP contribution >= 0.6 is 11.6 Å². The number of rotatable bonds is 5. The van der Waals surface area contributed by atoms with Crippen LogP contribution in [0.5, 0.6) is 0 Å². The van der Waals surface area contributed by atoms with Crippen molar-refractivity contribution in [2.75, 3.05) is 5.32 Å². The van der Waals surface area contributed by atoms with E-state index in [1.54, 1.807) is 30.6 Å². The van der Waals surface area contributed by atoms with E-state index in [4.69, 9.17) is 11.6 Å². The average molecular weight is 431 g/mol. The summed E-state index contributed by atoms with van der Waals surface area (Å²) in [5, 5.41) is 13.0.